The van der Waals surface area contributed by atoms with Crippen LogP contribution in [0.2, 0.25) is 0 Å². The zero-order valence-electron chi connectivity index (χ0n) is 34.9. The minimum atomic E-state index is -0.0232. The second-order valence-corrected chi connectivity index (χ2v) is 18.7. The fourth-order valence-electron chi connectivity index (χ4n) is 9.70. The minimum absolute atomic E-state index is 0.00668. The van der Waals surface area contributed by atoms with Crippen LogP contribution in [0.3, 0.4) is 0 Å². The Hall–Kier alpha value is -6.52. The van der Waals surface area contributed by atoms with E-state index >= 15 is 0 Å². The predicted octanol–water partition coefficient (Wildman–Crippen LogP) is 13.4. The molecule has 0 radical (unpaired) electrons. The first-order valence-corrected chi connectivity index (χ1v) is 21.0. The van der Waals surface area contributed by atoms with E-state index in [4.69, 9.17) is 4.42 Å². The number of hydrogen-bond acceptors (Lipinski definition) is 3. The Morgan fingerprint density at radius 1 is 0.475 bits per heavy atom. The Bertz CT molecular complexity index is 3160. The zero-order valence-corrected chi connectivity index (χ0v) is 34.9. The van der Waals surface area contributed by atoms with Gasteiger partial charge >= 0.3 is 0 Å². The van der Waals surface area contributed by atoms with Crippen LogP contribution in [0.15, 0.2) is 162 Å². The average molecular weight is 763 g/mol. The summed E-state index contributed by atoms with van der Waals surface area (Å²) in [7, 11) is 0. The quantitative estimate of drug-likeness (QED) is 0.167. The summed E-state index contributed by atoms with van der Waals surface area (Å²) in [5.41, 5.74) is 19.2. The van der Waals surface area contributed by atoms with Gasteiger partial charge in [-0.25, -0.2) is 0 Å². The number of nitrogens with zero attached hydrogens (tertiary/aromatic N) is 2. The molecule has 1 aromatic heterocycles. The number of anilines is 6. The number of furan rings is 1. The maximum atomic E-state index is 6.49. The monoisotopic (exact) mass is 762 g/mol. The van der Waals surface area contributed by atoms with Crippen molar-refractivity contribution in [3.05, 3.63) is 174 Å². The molecular formula is C55H47BN2O. The maximum Gasteiger partial charge on any atom is 0.252 e. The van der Waals surface area contributed by atoms with Crippen molar-refractivity contribution >= 4 is 89.9 Å². The number of rotatable bonds is 3. The average Bonchev–Trinajstić information content (AvgIpc) is 3.61. The van der Waals surface area contributed by atoms with Gasteiger partial charge in [0.2, 0.25) is 0 Å². The molecule has 11 rings (SSSR count). The smallest absolute Gasteiger partial charge is 0.252 e. The molecule has 0 atom stereocenters. The fourth-order valence-corrected chi connectivity index (χ4v) is 9.70. The Balaban J connectivity index is 1.16. The molecule has 0 saturated carbocycles. The van der Waals surface area contributed by atoms with Crippen molar-refractivity contribution in [3.63, 3.8) is 0 Å². The largest absolute Gasteiger partial charge is 0.455 e. The van der Waals surface area contributed by atoms with Gasteiger partial charge in [-0.2, -0.15) is 0 Å². The van der Waals surface area contributed by atoms with Crippen molar-refractivity contribution in [3.8, 4) is 11.1 Å². The van der Waals surface area contributed by atoms with Gasteiger partial charge in [0.15, 0.2) is 0 Å². The van der Waals surface area contributed by atoms with E-state index in [1.807, 2.05) is 6.07 Å². The van der Waals surface area contributed by atoms with E-state index in [0.717, 1.165) is 38.8 Å². The van der Waals surface area contributed by atoms with Crippen LogP contribution < -0.4 is 26.2 Å². The van der Waals surface area contributed by atoms with Gasteiger partial charge in [0.25, 0.3) is 6.71 Å². The van der Waals surface area contributed by atoms with Crippen LogP contribution in [0.1, 0.15) is 58.2 Å². The van der Waals surface area contributed by atoms with E-state index in [-0.39, 0.29) is 17.5 Å². The second-order valence-electron chi connectivity index (χ2n) is 18.7. The number of benzene rings is 8. The number of hydrogen-bond donors (Lipinski definition) is 0. The van der Waals surface area contributed by atoms with E-state index in [1.165, 1.54) is 72.3 Å². The second kappa shape index (κ2) is 12.7. The lowest BCUT2D eigenvalue weighted by Crippen LogP contribution is -2.61. The van der Waals surface area contributed by atoms with Gasteiger partial charge in [-0.05, 0) is 122 Å². The molecule has 0 N–H and O–H groups in total. The normalized spacial score (nSPS) is 13.6. The van der Waals surface area contributed by atoms with Crippen molar-refractivity contribution in [1.29, 1.82) is 0 Å². The molecule has 59 heavy (non-hydrogen) atoms. The van der Waals surface area contributed by atoms with E-state index in [2.05, 4.69) is 210 Å². The molecule has 0 fully saturated rings. The molecule has 0 aliphatic carbocycles. The number of aryl methyl sites for hydroxylation is 1. The molecule has 3 heterocycles. The molecule has 0 saturated heterocycles. The van der Waals surface area contributed by atoms with Gasteiger partial charge in [0, 0.05) is 50.5 Å². The maximum absolute atomic E-state index is 6.49. The molecule has 3 nitrogen and oxygen atoms in total. The highest BCUT2D eigenvalue weighted by Gasteiger charge is 2.44. The summed E-state index contributed by atoms with van der Waals surface area (Å²) in [4.78, 5) is 5.07. The van der Waals surface area contributed by atoms with Crippen LogP contribution in [0.25, 0.3) is 43.8 Å². The van der Waals surface area contributed by atoms with E-state index < -0.39 is 0 Å². The Labute approximate surface area is 347 Å². The molecule has 286 valence electrons. The van der Waals surface area contributed by atoms with E-state index in [1.54, 1.807) is 0 Å². The highest BCUT2D eigenvalue weighted by atomic mass is 16.3. The van der Waals surface area contributed by atoms with Crippen LogP contribution >= 0.6 is 0 Å². The highest BCUT2D eigenvalue weighted by Crippen LogP contribution is 2.47. The summed E-state index contributed by atoms with van der Waals surface area (Å²) < 4.78 is 6.49. The summed E-state index contributed by atoms with van der Waals surface area (Å²) in [6, 6.07) is 58.9. The molecular weight excluding hydrogens is 715 g/mol. The molecule has 8 aromatic carbocycles. The van der Waals surface area contributed by atoms with Gasteiger partial charge < -0.3 is 14.2 Å². The summed E-state index contributed by atoms with van der Waals surface area (Å²) in [6.45, 7) is 16.2. The molecule has 0 amide bonds. The first-order chi connectivity index (χ1) is 28.4. The van der Waals surface area contributed by atoms with Crippen molar-refractivity contribution in [2.24, 2.45) is 0 Å². The zero-order chi connectivity index (χ0) is 40.4. The van der Waals surface area contributed by atoms with Crippen molar-refractivity contribution < 1.29 is 4.42 Å². The van der Waals surface area contributed by atoms with Crippen molar-refractivity contribution in [2.45, 2.75) is 59.3 Å². The Kier molecular flexibility index (Phi) is 7.69. The van der Waals surface area contributed by atoms with E-state index in [9.17, 15) is 0 Å². The molecule has 0 unspecified atom stereocenters. The third-order valence-electron chi connectivity index (χ3n) is 12.8. The Morgan fingerprint density at radius 2 is 1.12 bits per heavy atom. The first-order valence-electron chi connectivity index (χ1n) is 21.0. The van der Waals surface area contributed by atoms with Crippen molar-refractivity contribution in [2.75, 3.05) is 9.80 Å². The SMILES string of the molecule is Cc1cc2c3c(c1)N(c1ccc(-c4cccc5c4oc4ccccc45)cc1)c1cc(C(C)(C)C)ccc1B3c1cc(C(C)(C)C)ccc1N2c1ccc2ccccc2c1. The third-order valence-corrected chi connectivity index (χ3v) is 12.8. The lowest BCUT2D eigenvalue weighted by molar-refractivity contribution is 0.590. The lowest BCUT2D eigenvalue weighted by Gasteiger charge is -2.45. The summed E-state index contributed by atoms with van der Waals surface area (Å²) in [6.07, 6.45) is 0. The van der Waals surface area contributed by atoms with Gasteiger partial charge in [-0.1, -0.05) is 145 Å². The van der Waals surface area contributed by atoms with Gasteiger partial charge in [0.1, 0.15) is 11.2 Å². The standard InChI is InChI=1S/C55H47BN2O/c1-34-29-49-52-50(30-34)58(41-26-19-35-13-8-9-14-37(35)31-41)47-28-23-38(54(2,3)4)32-46(47)56(52)45-27-22-39(55(5,6)7)33-48(45)57(49)40-24-20-36(21-25-40)42-16-12-17-44-43-15-10-11-18-51(43)59-53(42)44/h8-33H,1-7H3. The van der Waals surface area contributed by atoms with Crippen LogP contribution in [-0.4, -0.2) is 6.71 Å². The Morgan fingerprint density at radius 3 is 1.88 bits per heavy atom. The summed E-state index contributed by atoms with van der Waals surface area (Å²) in [5, 5.41) is 4.77. The molecule has 9 aromatic rings. The van der Waals surface area contributed by atoms with Crippen LogP contribution in [0.4, 0.5) is 34.1 Å². The predicted molar refractivity (Wildman–Crippen MR) is 253 cm³/mol. The highest BCUT2D eigenvalue weighted by molar-refractivity contribution is 7.00. The minimum Gasteiger partial charge on any atom is -0.455 e. The molecule has 2 aliphatic heterocycles. The van der Waals surface area contributed by atoms with Crippen LogP contribution in [0.5, 0.6) is 0 Å². The van der Waals surface area contributed by atoms with Gasteiger partial charge in [0.05, 0.1) is 0 Å². The first kappa shape index (κ1) is 35.6. The van der Waals surface area contributed by atoms with Gasteiger partial charge in [-0.3, -0.25) is 0 Å². The molecule has 2 aliphatic rings. The lowest BCUT2D eigenvalue weighted by atomic mass is 9.33. The number of para-hydroxylation sites is 2. The van der Waals surface area contributed by atoms with E-state index in [0.29, 0.717) is 0 Å². The summed E-state index contributed by atoms with van der Waals surface area (Å²) in [5.74, 6) is 0. The molecule has 0 bridgehead atoms. The van der Waals surface area contributed by atoms with Gasteiger partial charge in [-0.15, -0.1) is 0 Å². The summed E-state index contributed by atoms with van der Waals surface area (Å²) >= 11 is 0. The third kappa shape index (κ3) is 5.57. The molecule has 4 heteroatoms. The number of fused-ring (bicyclic) bond motifs is 8. The molecule has 0 spiro atoms. The van der Waals surface area contributed by atoms with Crippen LogP contribution in [0, 0.1) is 6.92 Å². The topological polar surface area (TPSA) is 19.6 Å². The van der Waals surface area contributed by atoms with Crippen LogP contribution in [-0.2, 0) is 10.8 Å². The van der Waals surface area contributed by atoms with Crippen molar-refractivity contribution in [1.82, 2.24) is 0 Å². The fraction of sp³-hybridized carbons (Fsp3) is 0.164.